The average Bonchev–Trinajstić information content (AvgIpc) is 2.65. The summed E-state index contributed by atoms with van der Waals surface area (Å²) in [5.41, 5.74) is 0.733. The summed E-state index contributed by atoms with van der Waals surface area (Å²) in [6.45, 7) is 0.0954. The topological polar surface area (TPSA) is 64.6 Å². The molecule has 0 radical (unpaired) electrons. The average molecular weight is 357 g/mol. The summed E-state index contributed by atoms with van der Waals surface area (Å²) in [5.74, 6) is 1.09. The van der Waals surface area contributed by atoms with Crippen LogP contribution in [0.15, 0.2) is 65.6 Å². The zero-order chi connectivity index (χ0) is 17.9. The molecule has 0 aromatic heterocycles. The number of sulfonamides is 1. The highest BCUT2D eigenvalue weighted by atomic mass is 32.2. The molecular weight excluding hydrogens is 338 g/mol. The predicted octanol–water partition coefficient (Wildman–Crippen LogP) is 3.34. The minimum atomic E-state index is -3.62. The van der Waals surface area contributed by atoms with E-state index in [2.05, 4.69) is 4.72 Å². The SMILES string of the molecule is COc1cc2ccccc2c(CNS(=O)(=O)c2ccccc2)c1OC. The van der Waals surface area contributed by atoms with Crippen molar-refractivity contribution in [2.24, 2.45) is 0 Å². The maximum Gasteiger partial charge on any atom is 0.240 e. The quantitative estimate of drug-likeness (QED) is 0.735. The standard InChI is InChI=1S/C19H19NO4S/c1-23-18-12-14-8-6-7-11-16(14)17(19(18)24-2)13-20-25(21,22)15-9-4-3-5-10-15/h3-12,20H,13H2,1-2H3. The van der Waals surface area contributed by atoms with Crippen LogP contribution in [-0.2, 0) is 16.6 Å². The van der Waals surface area contributed by atoms with Crippen LogP contribution in [0.1, 0.15) is 5.56 Å². The largest absolute Gasteiger partial charge is 0.493 e. The molecule has 3 aromatic carbocycles. The van der Waals surface area contributed by atoms with Gasteiger partial charge in [-0.15, -0.1) is 0 Å². The van der Waals surface area contributed by atoms with Gasteiger partial charge in [-0.25, -0.2) is 13.1 Å². The van der Waals surface area contributed by atoms with E-state index in [4.69, 9.17) is 9.47 Å². The van der Waals surface area contributed by atoms with Crippen molar-refractivity contribution in [2.45, 2.75) is 11.4 Å². The van der Waals surface area contributed by atoms with Gasteiger partial charge in [0.2, 0.25) is 10.0 Å². The first-order valence-corrected chi connectivity index (χ1v) is 9.22. The van der Waals surface area contributed by atoms with Crippen LogP contribution in [0.25, 0.3) is 10.8 Å². The number of hydrogen-bond acceptors (Lipinski definition) is 4. The summed E-state index contributed by atoms with van der Waals surface area (Å²) in [6, 6.07) is 17.9. The molecule has 0 bridgehead atoms. The van der Waals surface area contributed by atoms with Crippen LogP contribution in [0, 0.1) is 0 Å². The van der Waals surface area contributed by atoms with Crippen LogP contribution in [-0.4, -0.2) is 22.6 Å². The number of methoxy groups -OCH3 is 2. The predicted molar refractivity (Wildman–Crippen MR) is 97.5 cm³/mol. The molecule has 0 aliphatic heterocycles. The van der Waals surface area contributed by atoms with Crippen LogP contribution >= 0.6 is 0 Å². The first-order chi connectivity index (χ1) is 12.1. The van der Waals surface area contributed by atoms with E-state index in [0.717, 1.165) is 16.3 Å². The zero-order valence-corrected chi connectivity index (χ0v) is 14.8. The van der Waals surface area contributed by atoms with Gasteiger partial charge in [-0.2, -0.15) is 0 Å². The van der Waals surface area contributed by atoms with Gasteiger partial charge in [0.1, 0.15) is 0 Å². The molecule has 0 saturated carbocycles. The molecule has 0 amide bonds. The fraction of sp³-hybridized carbons (Fsp3) is 0.158. The van der Waals surface area contributed by atoms with Crippen molar-refractivity contribution in [3.05, 3.63) is 66.2 Å². The number of rotatable bonds is 6. The number of hydrogen-bond donors (Lipinski definition) is 1. The maximum absolute atomic E-state index is 12.5. The van der Waals surface area contributed by atoms with Gasteiger partial charge in [-0.3, -0.25) is 0 Å². The third-order valence-electron chi connectivity index (χ3n) is 3.99. The Balaban J connectivity index is 2.03. The second-order valence-corrected chi connectivity index (χ2v) is 7.22. The molecular formula is C19H19NO4S. The van der Waals surface area contributed by atoms with E-state index >= 15 is 0 Å². The van der Waals surface area contributed by atoms with E-state index in [1.165, 1.54) is 0 Å². The summed E-state index contributed by atoms with van der Waals surface area (Å²) in [6.07, 6.45) is 0. The number of ether oxygens (including phenoxy) is 2. The Morgan fingerprint density at radius 3 is 2.28 bits per heavy atom. The third-order valence-corrected chi connectivity index (χ3v) is 5.40. The highest BCUT2D eigenvalue weighted by Crippen LogP contribution is 2.37. The summed E-state index contributed by atoms with van der Waals surface area (Å²) >= 11 is 0. The van der Waals surface area contributed by atoms with Gasteiger partial charge in [0.05, 0.1) is 19.1 Å². The fourth-order valence-electron chi connectivity index (χ4n) is 2.78. The fourth-order valence-corrected chi connectivity index (χ4v) is 3.79. The highest BCUT2D eigenvalue weighted by Gasteiger charge is 2.18. The van der Waals surface area contributed by atoms with Crippen LogP contribution in [0.4, 0.5) is 0 Å². The lowest BCUT2D eigenvalue weighted by molar-refractivity contribution is 0.352. The first-order valence-electron chi connectivity index (χ1n) is 7.74. The number of benzene rings is 3. The van der Waals surface area contributed by atoms with Crippen LogP contribution in [0.2, 0.25) is 0 Å². The Kier molecular flexibility index (Phi) is 4.92. The van der Waals surface area contributed by atoms with Crippen molar-refractivity contribution >= 4 is 20.8 Å². The summed E-state index contributed by atoms with van der Waals surface area (Å²) in [5, 5.41) is 1.87. The van der Waals surface area contributed by atoms with Crippen molar-refractivity contribution < 1.29 is 17.9 Å². The van der Waals surface area contributed by atoms with Gasteiger partial charge in [-0.05, 0) is 29.0 Å². The highest BCUT2D eigenvalue weighted by molar-refractivity contribution is 7.89. The van der Waals surface area contributed by atoms with Crippen LogP contribution in [0.3, 0.4) is 0 Å². The normalized spacial score (nSPS) is 11.4. The molecule has 0 unspecified atom stereocenters. The van der Waals surface area contributed by atoms with E-state index in [1.807, 2.05) is 30.3 Å². The molecule has 0 atom stereocenters. The van der Waals surface area contributed by atoms with Gasteiger partial charge in [0.15, 0.2) is 11.5 Å². The third kappa shape index (κ3) is 3.45. The molecule has 0 aliphatic rings. The Labute approximate surface area is 147 Å². The van der Waals surface area contributed by atoms with Gasteiger partial charge in [-0.1, -0.05) is 42.5 Å². The van der Waals surface area contributed by atoms with Crippen LogP contribution < -0.4 is 14.2 Å². The van der Waals surface area contributed by atoms with Gasteiger partial charge in [0, 0.05) is 12.1 Å². The monoisotopic (exact) mass is 357 g/mol. The summed E-state index contributed by atoms with van der Waals surface area (Å²) in [4.78, 5) is 0.223. The number of fused-ring (bicyclic) bond motifs is 1. The minimum Gasteiger partial charge on any atom is -0.493 e. The van der Waals surface area contributed by atoms with Crippen LogP contribution in [0.5, 0.6) is 11.5 Å². The lowest BCUT2D eigenvalue weighted by Crippen LogP contribution is -2.23. The van der Waals surface area contributed by atoms with E-state index in [0.29, 0.717) is 11.5 Å². The maximum atomic E-state index is 12.5. The van der Waals surface area contributed by atoms with Crippen molar-refractivity contribution in [1.29, 1.82) is 0 Å². The Morgan fingerprint density at radius 1 is 0.920 bits per heavy atom. The van der Waals surface area contributed by atoms with Gasteiger partial charge in [0.25, 0.3) is 0 Å². The molecule has 1 N–H and O–H groups in total. The van der Waals surface area contributed by atoms with E-state index < -0.39 is 10.0 Å². The lowest BCUT2D eigenvalue weighted by atomic mass is 10.0. The summed E-state index contributed by atoms with van der Waals surface area (Å²) < 4.78 is 38.6. The molecule has 6 heteroatoms. The van der Waals surface area contributed by atoms with Gasteiger partial charge < -0.3 is 9.47 Å². The van der Waals surface area contributed by atoms with Crippen molar-refractivity contribution in [1.82, 2.24) is 4.72 Å². The lowest BCUT2D eigenvalue weighted by Gasteiger charge is -2.16. The Bertz CT molecular complexity index is 985. The molecule has 0 spiro atoms. The Hall–Kier alpha value is -2.57. The van der Waals surface area contributed by atoms with E-state index in [-0.39, 0.29) is 11.4 Å². The molecule has 0 heterocycles. The first kappa shape index (κ1) is 17.3. The number of nitrogens with one attached hydrogen (secondary N) is 1. The molecule has 25 heavy (non-hydrogen) atoms. The Morgan fingerprint density at radius 2 is 1.60 bits per heavy atom. The summed E-state index contributed by atoms with van der Waals surface area (Å²) in [7, 11) is -0.515. The van der Waals surface area contributed by atoms with Crippen molar-refractivity contribution in [3.8, 4) is 11.5 Å². The second kappa shape index (κ2) is 7.13. The van der Waals surface area contributed by atoms with E-state index in [9.17, 15) is 8.42 Å². The van der Waals surface area contributed by atoms with E-state index in [1.54, 1.807) is 44.6 Å². The molecule has 5 nitrogen and oxygen atoms in total. The molecule has 3 aromatic rings. The minimum absolute atomic E-state index is 0.0954. The molecule has 130 valence electrons. The van der Waals surface area contributed by atoms with Crippen molar-refractivity contribution in [3.63, 3.8) is 0 Å². The second-order valence-electron chi connectivity index (χ2n) is 5.45. The molecule has 0 fully saturated rings. The molecule has 0 aliphatic carbocycles. The zero-order valence-electron chi connectivity index (χ0n) is 14.0. The van der Waals surface area contributed by atoms with Gasteiger partial charge >= 0.3 is 0 Å². The van der Waals surface area contributed by atoms with Crippen molar-refractivity contribution in [2.75, 3.05) is 14.2 Å². The molecule has 0 saturated heterocycles. The molecule has 3 rings (SSSR count). The smallest absolute Gasteiger partial charge is 0.240 e.